The first-order chi connectivity index (χ1) is 19.5. The fourth-order valence-electron chi connectivity index (χ4n) is 5.05. The molecule has 1 amide bonds. The molecule has 1 aliphatic heterocycles. The molecule has 11 heteroatoms. The minimum absolute atomic E-state index is 0.0801. The molecule has 1 fully saturated rings. The number of nitrogens with two attached hydrogens (primary N) is 1. The average Bonchev–Trinajstić information content (AvgIpc) is 3.52. The van der Waals surface area contributed by atoms with Crippen molar-refractivity contribution in [2.24, 2.45) is 11.7 Å². The first-order valence-electron chi connectivity index (χ1n) is 13.1. The quantitative estimate of drug-likeness (QED) is 0.274. The van der Waals surface area contributed by atoms with Crippen molar-refractivity contribution in [1.29, 1.82) is 0 Å². The number of nitrogens with zero attached hydrogens (tertiary/aromatic N) is 4. The fraction of sp³-hybridized carbons (Fsp3) is 0.310. The summed E-state index contributed by atoms with van der Waals surface area (Å²) in [5, 5.41) is 16.3. The number of carbonyl (C=O) groups excluding carboxylic acids is 1. The van der Waals surface area contributed by atoms with Gasteiger partial charge in [-0.3, -0.25) is 9.89 Å². The lowest BCUT2D eigenvalue weighted by atomic mass is 9.87. The number of carbonyl (C=O) groups is 1. The standard InChI is InChI=1S/C29H31FN6O4/c1-39-21-15-23(27(31)38)22(26(16-21)40-12-11-37)13-18-6-9-36(10-7-18)29-24(30)17-32-28(34-29)20-4-2-3-19(14-20)25-5-8-33-35-25/h2-5,8,14-18,37H,6-7,9-13H2,1H3,(H2,31,38)(H,33,35). The number of H-pyrrole nitrogens is 1. The van der Waals surface area contributed by atoms with E-state index in [2.05, 4.69) is 20.2 Å². The summed E-state index contributed by atoms with van der Waals surface area (Å²) in [7, 11) is 1.50. The second-order valence-electron chi connectivity index (χ2n) is 9.63. The van der Waals surface area contributed by atoms with Gasteiger partial charge in [0.05, 0.1) is 25.6 Å². The van der Waals surface area contributed by atoms with Crippen LogP contribution < -0.4 is 20.1 Å². The Labute approximate surface area is 231 Å². The summed E-state index contributed by atoms with van der Waals surface area (Å²) < 4.78 is 26.0. The molecule has 40 heavy (non-hydrogen) atoms. The molecule has 0 aliphatic carbocycles. The Morgan fingerprint density at radius 1 is 1.20 bits per heavy atom. The van der Waals surface area contributed by atoms with Gasteiger partial charge in [-0.2, -0.15) is 5.10 Å². The van der Waals surface area contributed by atoms with Crippen molar-refractivity contribution < 1.29 is 23.8 Å². The third-order valence-corrected chi connectivity index (χ3v) is 7.08. The summed E-state index contributed by atoms with van der Waals surface area (Å²) in [6, 6.07) is 12.8. The highest BCUT2D eigenvalue weighted by molar-refractivity contribution is 5.95. The number of aromatic nitrogens is 4. The highest BCUT2D eigenvalue weighted by Gasteiger charge is 2.26. The Morgan fingerprint density at radius 3 is 2.70 bits per heavy atom. The average molecular weight is 547 g/mol. The molecule has 0 bridgehead atoms. The smallest absolute Gasteiger partial charge is 0.249 e. The number of aliphatic hydroxyl groups excluding tert-OH is 1. The summed E-state index contributed by atoms with van der Waals surface area (Å²) in [6.45, 7) is 1.08. The zero-order valence-corrected chi connectivity index (χ0v) is 22.1. The maximum Gasteiger partial charge on any atom is 0.249 e. The Morgan fingerprint density at radius 2 is 2.00 bits per heavy atom. The number of nitrogens with one attached hydrogen (secondary N) is 1. The van der Waals surface area contributed by atoms with Crippen molar-refractivity contribution in [2.45, 2.75) is 19.3 Å². The molecule has 0 radical (unpaired) electrons. The lowest BCUT2D eigenvalue weighted by Gasteiger charge is -2.33. The topological polar surface area (TPSA) is 139 Å². The summed E-state index contributed by atoms with van der Waals surface area (Å²) in [6.07, 6.45) is 5.01. The predicted molar refractivity (Wildman–Crippen MR) is 148 cm³/mol. The largest absolute Gasteiger partial charge is 0.497 e. The zero-order chi connectivity index (χ0) is 28.1. The van der Waals surface area contributed by atoms with Crippen molar-refractivity contribution in [2.75, 3.05) is 38.3 Å². The number of rotatable bonds is 10. The molecule has 0 atom stereocenters. The summed E-state index contributed by atoms with van der Waals surface area (Å²) >= 11 is 0. The Balaban J connectivity index is 1.32. The molecule has 4 N–H and O–H groups in total. The number of ether oxygens (including phenoxy) is 2. The summed E-state index contributed by atoms with van der Waals surface area (Å²) in [4.78, 5) is 23.0. The van der Waals surface area contributed by atoms with Crippen LogP contribution in [0.15, 0.2) is 54.9 Å². The van der Waals surface area contributed by atoms with Gasteiger partial charge in [0, 0.05) is 47.6 Å². The summed E-state index contributed by atoms with van der Waals surface area (Å²) in [5.41, 5.74) is 9.18. The molecular weight excluding hydrogens is 515 g/mol. The molecule has 0 spiro atoms. The van der Waals surface area contributed by atoms with Gasteiger partial charge >= 0.3 is 0 Å². The fourth-order valence-corrected chi connectivity index (χ4v) is 5.05. The van der Waals surface area contributed by atoms with E-state index in [0.717, 1.165) is 29.7 Å². The number of benzene rings is 2. The van der Waals surface area contributed by atoms with Crippen LogP contribution in [0.4, 0.5) is 10.2 Å². The van der Waals surface area contributed by atoms with Gasteiger partial charge in [0.15, 0.2) is 17.5 Å². The lowest BCUT2D eigenvalue weighted by Crippen LogP contribution is -2.36. The minimum atomic E-state index is -0.577. The first-order valence-corrected chi connectivity index (χ1v) is 13.1. The third kappa shape index (κ3) is 5.89. The van der Waals surface area contributed by atoms with Gasteiger partial charge in [-0.25, -0.2) is 14.4 Å². The van der Waals surface area contributed by atoms with Crippen LogP contribution in [0, 0.1) is 11.7 Å². The van der Waals surface area contributed by atoms with Gasteiger partial charge in [-0.1, -0.05) is 18.2 Å². The molecule has 4 aromatic rings. The van der Waals surface area contributed by atoms with E-state index in [1.165, 1.54) is 13.3 Å². The van der Waals surface area contributed by atoms with Crippen LogP contribution in [-0.2, 0) is 6.42 Å². The third-order valence-electron chi connectivity index (χ3n) is 7.08. The van der Waals surface area contributed by atoms with Crippen molar-refractivity contribution in [3.8, 4) is 34.1 Å². The number of aliphatic hydroxyl groups is 1. The van der Waals surface area contributed by atoms with E-state index in [9.17, 15) is 14.3 Å². The van der Waals surface area contributed by atoms with Gasteiger partial charge in [0.25, 0.3) is 0 Å². The number of piperidine rings is 1. The van der Waals surface area contributed by atoms with E-state index < -0.39 is 11.7 Å². The van der Waals surface area contributed by atoms with Crippen LogP contribution >= 0.6 is 0 Å². The van der Waals surface area contributed by atoms with Crippen LogP contribution in [0.1, 0.15) is 28.8 Å². The number of methoxy groups -OCH3 is 1. The second kappa shape index (κ2) is 12.1. The molecule has 0 saturated carbocycles. The zero-order valence-electron chi connectivity index (χ0n) is 22.1. The first kappa shape index (κ1) is 27.1. The van der Waals surface area contributed by atoms with E-state index in [-0.39, 0.29) is 24.9 Å². The molecule has 10 nitrogen and oxygen atoms in total. The van der Waals surface area contributed by atoms with E-state index in [1.807, 2.05) is 35.2 Å². The molecule has 2 aromatic heterocycles. The number of aromatic amines is 1. The second-order valence-corrected chi connectivity index (χ2v) is 9.63. The molecule has 3 heterocycles. The van der Waals surface area contributed by atoms with Crippen LogP contribution in [0.2, 0.25) is 0 Å². The number of hydrogen-bond acceptors (Lipinski definition) is 8. The van der Waals surface area contributed by atoms with Gasteiger partial charge in [-0.15, -0.1) is 0 Å². The van der Waals surface area contributed by atoms with E-state index in [1.54, 1.807) is 18.3 Å². The van der Waals surface area contributed by atoms with Gasteiger partial charge < -0.3 is 25.2 Å². The number of primary amides is 1. The molecule has 208 valence electrons. The maximum atomic E-state index is 14.9. The molecule has 0 unspecified atom stereocenters. The molecular formula is C29H31FN6O4. The number of amides is 1. The lowest BCUT2D eigenvalue weighted by molar-refractivity contribution is 0.0998. The summed E-state index contributed by atoms with van der Waals surface area (Å²) in [5.74, 6) is 0.768. The Bertz CT molecular complexity index is 1470. The maximum absolute atomic E-state index is 14.9. The number of anilines is 1. The number of hydrogen-bond donors (Lipinski definition) is 3. The molecule has 5 rings (SSSR count). The van der Waals surface area contributed by atoms with Gasteiger partial charge in [-0.05, 0) is 43.4 Å². The van der Waals surface area contributed by atoms with Crippen molar-refractivity contribution in [1.82, 2.24) is 20.2 Å². The normalized spacial score (nSPS) is 13.8. The van der Waals surface area contributed by atoms with Crippen molar-refractivity contribution in [3.05, 3.63) is 71.8 Å². The Hall–Kier alpha value is -4.51. The highest BCUT2D eigenvalue weighted by atomic mass is 19.1. The highest BCUT2D eigenvalue weighted by Crippen LogP contribution is 2.34. The van der Waals surface area contributed by atoms with Crippen LogP contribution in [-0.4, -0.2) is 64.6 Å². The molecule has 2 aromatic carbocycles. The van der Waals surface area contributed by atoms with Crippen LogP contribution in [0.25, 0.3) is 22.6 Å². The monoisotopic (exact) mass is 546 g/mol. The van der Waals surface area contributed by atoms with E-state index in [4.69, 9.17) is 15.2 Å². The van der Waals surface area contributed by atoms with Crippen molar-refractivity contribution >= 4 is 11.7 Å². The Kier molecular flexibility index (Phi) is 8.20. The van der Waals surface area contributed by atoms with Gasteiger partial charge in [0.2, 0.25) is 5.91 Å². The molecule has 1 aliphatic rings. The van der Waals surface area contributed by atoms with E-state index >= 15 is 0 Å². The minimum Gasteiger partial charge on any atom is -0.497 e. The van der Waals surface area contributed by atoms with Crippen LogP contribution in [0.5, 0.6) is 11.5 Å². The molecule has 1 saturated heterocycles. The predicted octanol–water partition coefficient (Wildman–Crippen LogP) is 3.61. The SMILES string of the molecule is COc1cc(OCCO)c(CC2CCN(c3nc(-c4cccc(-c5cc[nH]n5)c4)ncc3F)CC2)c(C(N)=O)c1. The van der Waals surface area contributed by atoms with Crippen LogP contribution in [0.3, 0.4) is 0 Å². The van der Waals surface area contributed by atoms with Gasteiger partial charge in [0.1, 0.15) is 18.1 Å². The van der Waals surface area contributed by atoms with E-state index in [0.29, 0.717) is 48.0 Å². The number of halogens is 1. The van der Waals surface area contributed by atoms with Crippen molar-refractivity contribution in [3.63, 3.8) is 0 Å².